The third kappa shape index (κ3) is 3.32. The lowest BCUT2D eigenvalue weighted by Crippen LogP contribution is -2.28. The van der Waals surface area contributed by atoms with Gasteiger partial charge in [0.2, 0.25) is 0 Å². The summed E-state index contributed by atoms with van der Waals surface area (Å²) in [4.78, 5) is 25.9. The number of amides is 2. The zero-order valence-corrected chi connectivity index (χ0v) is 15.6. The Kier molecular flexibility index (Phi) is 4.76. The molecule has 1 aliphatic heterocycles. The molecule has 1 aromatic heterocycles. The first-order chi connectivity index (χ1) is 13.6. The number of carbonyl (C=O) groups is 2. The van der Waals surface area contributed by atoms with Crippen LogP contribution in [0.1, 0.15) is 11.1 Å². The maximum Gasteiger partial charge on any atom is 0.294 e. The van der Waals surface area contributed by atoms with Crippen molar-refractivity contribution in [1.82, 2.24) is 9.47 Å². The standard InChI is InChI=1S/C22H15FN2O2S/c1-2-11-25-21(26)20(28-22(25)27)12-16-14-24(19-6-4-3-5-18(16)19)13-15-7-9-17(23)10-8-15/h1,3-10,12,14H,11,13H2/b20-12-. The average molecular weight is 390 g/mol. The number of halogens is 1. The van der Waals surface area contributed by atoms with Crippen molar-refractivity contribution in [2.24, 2.45) is 0 Å². The Labute approximate surface area is 165 Å². The van der Waals surface area contributed by atoms with Gasteiger partial charge in [-0.15, -0.1) is 6.42 Å². The third-order valence-electron chi connectivity index (χ3n) is 4.50. The molecule has 0 N–H and O–H groups in total. The summed E-state index contributed by atoms with van der Waals surface area (Å²) in [7, 11) is 0. The first kappa shape index (κ1) is 18.1. The van der Waals surface area contributed by atoms with Gasteiger partial charge in [0.15, 0.2) is 0 Å². The van der Waals surface area contributed by atoms with E-state index in [-0.39, 0.29) is 23.5 Å². The van der Waals surface area contributed by atoms with E-state index in [1.165, 1.54) is 12.1 Å². The fourth-order valence-electron chi connectivity index (χ4n) is 3.18. The van der Waals surface area contributed by atoms with E-state index in [0.717, 1.165) is 38.7 Å². The molecule has 4 rings (SSSR count). The van der Waals surface area contributed by atoms with Gasteiger partial charge in [-0.2, -0.15) is 0 Å². The van der Waals surface area contributed by atoms with Crippen LogP contribution in [0.4, 0.5) is 9.18 Å². The predicted molar refractivity (Wildman–Crippen MR) is 109 cm³/mol. The topological polar surface area (TPSA) is 42.3 Å². The second kappa shape index (κ2) is 7.37. The summed E-state index contributed by atoms with van der Waals surface area (Å²) in [5.74, 6) is 1.69. The second-order valence-corrected chi connectivity index (χ2v) is 7.32. The van der Waals surface area contributed by atoms with Gasteiger partial charge >= 0.3 is 0 Å². The monoisotopic (exact) mass is 390 g/mol. The van der Waals surface area contributed by atoms with E-state index < -0.39 is 0 Å². The number of imide groups is 1. The van der Waals surface area contributed by atoms with E-state index in [4.69, 9.17) is 6.42 Å². The van der Waals surface area contributed by atoms with Gasteiger partial charge in [0, 0.05) is 29.2 Å². The lowest BCUT2D eigenvalue weighted by molar-refractivity contribution is -0.122. The molecule has 0 aliphatic carbocycles. The number of rotatable bonds is 4. The van der Waals surface area contributed by atoms with Gasteiger partial charge < -0.3 is 4.57 Å². The van der Waals surface area contributed by atoms with Gasteiger partial charge in [0.05, 0.1) is 11.4 Å². The van der Waals surface area contributed by atoms with Crippen LogP contribution < -0.4 is 0 Å². The van der Waals surface area contributed by atoms with Crippen molar-refractivity contribution in [3.05, 3.63) is 76.6 Å². The highest BCUT2D eigenvalue weighted by molar-refractivity contribution is 8.18. The summed E-state index contributed by atoms with van der Waals surface area (Å²) in [5.41, 5.74) is 2.79. The largest absolute Gasteiger partial charge is 0.342 e. The van der Waals surface area contributed by atoms with Crippen LogP contribution in [0.2, 0.25) is 0 Å². The van der Waals surface area contributed by atoms with Crippen LogP contribution in [0.25, 0.3) is 17.0 Å². The first-order valence-corrected chi connectivity index (χ1v) is 9.39. The van der Waals surface area contributed by atoms with Gasteiger partial charge in [-0.3, -0.25) is 14.5 Å². The van der Waals surface area contributed by atoms with Gasteiger partial charge in [-0.1, -0.05) is 36.3 Å². The molecule has 0 bridgehead atoms. The summed E-state index contributed by atoms with van der Waals surface area (Å²) in [5, 5.41) is 0.609. The third-order valence-corrected chi connectivity index (χ3v) is 5.40. The SMILES string of the molecule is C#CCN1C(=O)S/C(=C\c2cn(Cc3ccc(F)cc3)c3ccccc23)C1=O. The van der Waals surface area contributed by atoms with E-state index >= 15 is 0 Å². The molecule has 1 fully saturated rings. The van der Waals surface area contributed by atoms with Crippen LogP contribution >= 0.6 is 11.8 Å². The molecule has 2 amide bonds. The maximum absolute atomic E-state index is 13.2. The number of fused-ring (bicyclic) bond motifs is 1. The number of aromatic nitrogens is 1. The van der Waals surface area contributed by atoms with Gasteiger partial charge in [0.25, 0.3) is 11.1 Å². The van der Waals surface area contributed by atoms with E-state index in [1.54, 1.807) is 18.2 Å². The Bertz CT molecular complexity index is 1160. The highest BCUT2D eigenvalue weighted by Gasteiger charge is 2.34. The molecular formula is C22H15FN2O2S. The lowest BCUT2D eigenvalue weighted by atomic mass is 10.1. The molecule has 0 saturated carbocycles. The van der Waals surface area contributed by atoms with Crippen molar-refractivity contribution in [2.45, 2.75) is 6.54 Å². The van der Waals surface area contributed by atoms with Crippen molar-refractivity contribution >= 4 is 39.9 Å². The number of nitrogens with zero attached hydrogens (tertiary/aromatic N) is 2. The molecule has 0 spiro atoms. The van der Waals surface area contributed by atoms with E-state index in [2.05, 4.69) is 5.92 Å². The second-order valence-electron chi connectivity index (χ2n) is 6.33. The highest BCUT2D eigenvalue weighted by Crippen LogP contribution is 2.34. The molecule has 1 saturated heterocycles. The number of carbonyl (C=O) groups excluding carboxylic acids is 2. The molecular weight excluding hydrogens is 375 g/mol. The molecule has 0 unspecified atom stereocenters. The van der Waals surface area contributed by atoms with Crippen LogP contribution in [0.15, 0.2) is 59.6 Å². The van der Waals surface area contributed by atoms with E-state index in [9.17, 15) is 14.0 Å². The Morgan fingerprint density at radius 3 is 2.61 bits per heavy atom. The fraction of sp³-hybridized carbons (Fsp3) is 0.0909. The van der Waals surface area contributed by atoms with Crippen molar-refractivity contribution in [3.8, 4) is 12.3 Å². The van der Waals surface area contributed by atoms with E-state index in [0.29, 0.717) is 11.4 Å². The molecule has 4 nitrogen and oxygen atoms in total. The van der Waals surface area contributed by atoms with Crippen LogP contribution in [0, 0.1) is 18.2 Å². The maximum atomic E-state index is 13.2. The molecule has 2 heterocycles. The number of terminal acetylenes is 1. The van der Waals surface area contributed by atoms with Crippen molar-refractivity contribution in [1.29, 1.82) is 0 Å². The molecule has 1 aliphatic rings. The van der Waals surface area contributed by atoms with Crippen molar-refractivity contribution in [2.75, 3.05) is 6.54 Å². The molecule has 2 aromatic carbocycles. The Morgan fingerprint density at radius 2 is 1.86 bits per heavy atom. The summed E-state index contributed by atoms with van der Waals surface area (Å²) in [6, 6.07) is 14.2. The fourth-order valence-corrected chi connectivity index (χ4v) is 4.01. The average Bonchev–Trinajstić information content (AvgIpc) is 3.17. The van der Waals surface area contributed by atoms with Gasteiger partial charge in [-0.25, -0.2) is 4.39 Å². The minimum Gasteiger partial charge on any atom is -0.342 e. The minimum absolute atomic E-state index is 0.0334. The zero-order chi connectivity index (χ0) is 19.7. The quantitative estimate of drug-likeness (QED) is 0.487. The Morgan fingerprint density at radius 1 is 1.11 bits per heavy atom. The first-order valence-electron chi connectivity index (χ1n) is 8.58. The highest BCUT2D eigenvalue weighted by atomic mass is 32.2. The summed E-state index contributed by atoms with van der Waals surface area (Å²) >= 11 is 0.892. The van der Waals surface area contributed by atoms with Crippen molar-refractivity contribution in [3.63, 3.8) is 0 Å². The minimum atomic E-state index is -0.372. The number of para-hydroxylation sites is 1. The predicted octanol–water partition coefficient (Wildman–Crippen LogP) is 4.50. The number of benzene rings is 2. The Hall–Kier alpha value is -3.30. The van der Waals surface area contributed by atoms with Gasteiger partial charge in [0.1, 0.15) is 5.82 Å². The Balaban J connectivity index is 1.73. The molecule has 138 valence electrons. The van der Waals surface area contributed by atoms with Crippen LogP contribution in [0.3, 0.4) is 0 Å². The van der Waals surface area contributed by atoms with E-state index in [1.807, 2.05) is 35.0 Å². The smallest absolute Gasteiger partial charge is 0.294 e. The number of thioether (sulfide) groups is 1. The molecule has 28 heavy (non-hydrogen) atoms. The summed E-state index contributed by atoms with van der Waals surface area (Å²) in [6.07, 6.45) is 8.90. The molecule has 0 atom stereocenters. The van der Waals surface area contributed by atoms with Crippen LogP contribution in [-0.4, -0.2) is 27.2 Å². The zero-order valence-electron chi connectivity index (χ0n) is 14.8. The number of hydrogen-bond donors (Lipinski definition) is 0. The molecule has 0 radical (unpaired) electrons. The summed E-state index contributed by atoms with van der Waals surface area (Å²) < 4.78 is 15.2. The number of hydrogen-bond acceptors (Lipinski definition) is 3. The van der Waals surface area contributed by atoms with Crippen LogP contribution in [0.5, 0.6) is 0 Å². The molecule has 3 aromatic rings. The van der Waals surface area contributed by atoms with Gasteiger partial charge in [-0.05, 0) is 41.6 Å². The lowest BCUT2D eigenvalue weighted by Gasteiger charge is -2.06. The normalized spacial score (nSPS) is 15.6. The summed E-state index contributed by atoms with van der Waals surface area (Å²) in [6.45, 7) is 0.529. The molecule has 6 heteroatoms. The van der Waals surface area contributed by atoms with Crippen molar-refractivity contribution < 1.29 is 14.0 Å². The van der Waals surface area contributed by atoms with Crippen LogP contribution in [-0.2, 0) is 11.3 Å².